The maximum Gasteiger partial charge on any atom is 0.193 e. The Morgan fingerprint density at radius 1 is 1.38 bits per heavy atom. The summed E-state index contributed by atoms with van der Waals surface area (Å²) in [5.41, 5.74) is 0. The summed E-state index contributed by atoms with van der Waals surface area (Å²) in [6.45, 7) is 10.8. The van der Waals surface area contributed by atoms with Gasteiger partial charge in [-0.15, -0.1) is 35.3 Å². The number of aliphatic imine (C=N–C) groups is 1. The second kappa shape index (κ2) is 9.91. The summed E-state index contributed by atoms with van der Waals surface area (Å²) in [6, 6.07) is 0.725. The maximum atomic E-state index is 4.84. The van der Waals surface area contributed by atoms with Gasteiger partial charge in [0.05, 0.1) is 5.01 Å². The van der Waals surface area contributed by atoms with E-state index < -0.39 is 0 Å². The highest BCUT2D eigenvalue weighted by molar-refractivity contribution is 14.0. The smallest absolute Gasteiger partial charge is 0.193 e. The zero-order valence-electron chi connectivity index (χ0n) is 14.8. The predicted octanol–water partition coefficient (Wildman–Crippen LogP) is 2.75. The van der Waals surface area contributed by atoms with Crippen LogP contribution in [0.1, 0.15) is 36.1 Å². The van der Waals surface area contributed by atoms with Gasteiger partial charge < -0.3 is 10.2 Å². The van der Waals surface area contributed by atoms with Gasteiger partial charge in [0.15, 0.2) is 5.96 Å². The number of aromatic nitrogens is 1. The van der Waals surface area contributed by atoms with Crippen molar-refractivity contribution in [2.45, 2.75) is 45.6 Å². The summed E-state index contributed by atoms with van der Waals surface area (Å²) in [7, 11) is 0. The first-order valence-corrected chi connectivity index (χ1v) is 9.76. The van der Waals surface area contributed by atoms with Gasteiger partial charge in [-0.05, 0) is 46.2 Å². The highest BCUT2D eigenvalue weighted by atomic mass is 127. The number of rotatable bonds is 5. The third-order valence-corrected chi connectivity index (χ3v) is 5.68. The lowest BCUT2D eigenvalue weighted by molar-refractivity contribution is 0.249. The van der Waals surface area contributed by atoms with E-state index >= 15 is 0 Å². The Hall–Kier alpha value is -0.410. The molecule has 2 aliphatic rings. The molecule has 7 heteroatoms. The summed E-state index contributed by atoms with van der Waals surface area (Å²) in [5, 5.41) is 4.66. The van der Waals surface area contributed by atoms with E-state index in [1.165, 1.54) is 42.2 Å². The lowest BCUT2D eigenvalue weighted by Gasteiger charge is -2.25. The summed E-state index contributed by atoms with van der Waals surface area (Å²) in [4.78, 5) is 15.7. The number of hydrogen-bond acceptors (Lipinski definition) is 4. The number of likely N-dealkylation sites (tertiary alicyclic amines) is 2. The minimum absolute atomic E-state index is 0. The molecule has 0 amide bonds. The Morgan fingerprint density at radius 3 is 2.83 bits per heavy atom. The van der Waals surface area contributed by atoms with E-state index in [4.69, 9.17) is 4.99 Å². The Kier molecular flexibility index (Phi) is 8.22. The predicted molar refractivity (Wildman–Crippen MR) is 113 cm³/mol. The fourth-order valence-electron chi connectivity index (χ4n) is 3.54. The Morgan fingerprint density at radius 2 is 2.17 bits per heavy atom. The van der Waals surface area contributed by atoms with Crippen molar-refractivity contribution < 1.29 is 0 Å². The van der Waals surface area contributed by atoms with Crippen LogP contribution in [0.25, 0.3) is 0 Å². The van der Waals surface area contributed by atoms with Gasteiger partial charge in [0, 0.05) is 49.7 Å². The van der Waals surface area contributed by atoms with Crippen molar-refractivity contribution in [1.82, 2.24) is 20.1 Å². The number of nitrogens with zero attached hydrogens (tertiary/aromatic N) is 4. The van der Waals surface area contributed by atoms with Crippen LogP contribution in [0.2, 0.25) is 0 Å². The van der Waals surface area contributed by atoms with E-state index in [1.54, 1.807) is 11.3 Å². The Bertz CT molecular complexity index is 527. The molecular formula is C17H30IN5S. The van der Waals surface area contributed by atoms with E-state index in [0.29, 0.717) is 0 Å². The van der Waals surface area contributed by atoms with Crippen LogP contribution < -0.4 is 5.32 Å². The molecule has 0 aromatic carbocycles. The average molecular weight is 463 g/mol. The third-order valence-electron chi connectivity index (χ3n) is 4.71. The fourth-order valence-corrected chi connectivity index (χ4v) is 4.32. The van der Waals surface area contributed by atoms with Crippen molar-refractivity contribution in [1.29, 1.82) is 0 Å². The Balaban J connectivity index is 0.00000208. The molecule has 0 spiro atoms. The van der Waals surface area contributed by atoms with Crippen molar-refractivity contribution in [3.63, 3.8) is 0 Å². The second-order valence-electron chi connectivity index (χ2n) is 6.48. The number of nitrogens with one attached hydrogen (secondary N) is 1. The van der Waals surface area contributed by atoms with Crippen molar-refractivity contribution in [2.24, 2.45) is 4.99 Å². The van der Waals surface area contributed by atoms with E-state index in [-0.39, 0.29) is 24.0 Å². The SMILES string of the molecule is CCNC(=NCCc1ncc(C)s1)N1CCC(N2CCCC2)C1.I. The normalized spacial score (nSPS) is 22.0. The molecule has 3 rings (SSSR count). The van der Waals surface area contributed by atoms with Crippen LogP contribution in [0.15, 0.2) is 11.2 Å². The molecule has 2 aliphatic heterocycles. The highest BCUT2D eigenvalue weighted by Crippen LogP contribution is 2.20. The number of hydrogen-bond donors (Lipinski definition) is 1. The molecule has 0 bridgehead atoms. The van der Waals surface area contributed by atoms with Crippen LogP contribution in [-0.4, -0.2) is 66.1 Å². The minimum atomic E-state index is 0. The van der Waals surface area contributed by atoms with E-state index in [9.17, 15) is 0 Å². The summed E-state index contributed by atoms with van der Waals surface area (Å²) >= 11 is 1.78. The van der Waals surface area contributed by atoms with Gasteiger partial charge in [0.25, 0.3) is 0 Å². The first kappa shape index (κ1) is 19.9. The molecule has 2 fully saturated rings. The van der Waals surface area contributed by atoms with Crippen LogP contribution in [0.5, 0.6) is 0 Å². The van der Waals surface area contributed by atoms with Crippen LogP contribution in [0.3, 0.4) is 0 Å². The van der Waals surface area contributed by atoms with Gasteiger partial charge in [-0.2, -0.15) is 0 Å². The van der Waals surface area contributed by atoms with Gasteiger partial charge >= 0.3 is 0 Å². The van der Waals surface area contributed by atoms with Crippen LogP contribution in [0, 0.1) is 6.92 Å². The van der Waals surface area contributed by atoms with E-state index in [1.807, 2.05) is 6.20 Å². The lowest BCUT2D eigenvalue weighted by atomic mass is 10.2. The minimum Gasteiger partial charge on any atom is -0.357 e. The number of aryl methyl sites for hydroxylation is 1. The molecule has 0 saturated carbocycles. The largest absolute Gasteiger partial charge is 0.357 e. The molecule has 1 N–H and O–H groups in total. The third kappa shape index (κ3) is 5.29. The van der Waals surface area contributed by atoms with Crippen LogP contribution >= 0.6 is 35.3 Å². The second-order valence-corrected chi connectivity index (χ2v) is 7.80. The first-order valence-electron chi connectivity index (χ1n) is 8.95. The fraction of sp³-hybridized carbons (Fsp3) is 0.765. The van der Waals surface area contributed by atoms with Gasteiger partial charge in [-0.1, -0.05) is 0 Å². The summed E-state index contributed by atoms with van der Waals surface area (Å²) < 4.78 is 0. The van der Waals surface area contributed by atoms with Gasteiger partial charge in [-0.3, -0.25) is 9.89 Å². The van der Waals surface area contributed by atoms with E-state index in [0.717, 1.165) is 44.6 Å². The van der Waals surface area contributed by atoms with Gasteiger partial charge in [-0.25, -0.2) is 4.98 Å². The molecule has 0 radical (unpaired) electrons. The molecule has 1 unspecified atom stereocenters. The molecule has 0 aliphatic carbocycles. The first-order chi connectivity index (χ1) is 11.3. The van der Waals surface area contributed by atoms with Gasteiger partial charge in [0.2, 0.25) is 0 Å². The zero-order chi connectivity index (χ0) is 16.1. The van der Waals surface area contributed by atoms with Crippen molar-refractivity contribution in [2.75, 3.05) is 39.3 Å². The molecule has 1 aromatic rings. The monoisotopic (exact) mass is 463 g/mol. The van der Waals surface area contributed by atoms with Gasteiger partial charge in [0.1, 0.15) is 0 Å². The highest BCUT2D eigenvalue weighted by Gasteiger charge is 2.30. The van der Waals surface area contributed by atoms with Crippen molar-refractivity contribution in [3.05, 3.63) is 16.1 Å². The zero-order valence-corrected chi connectivity index (χ0v) is 18.0. The Labute approximate surface area is 166 Å². The summed E-state index contributed by atoms with van der Waals surface area (Å²) in [6.07, 6.45) is 6.92. The van der Waals surface area contributed by atoms with E-state index in [2.05, 4.69) is 33.9 Å². The summed E-state index contributed by atoms with van der Waals surface area (Å²) in [5.74, 6) is 1.09. The molecule has 5 nitrogen and oxygen atoms in total. The molecule has 1 atom stereocenters. The van der Waals surface area contributed by atoms with Crippen LogP contribution in [-0.2, 0) is 6.42 Å². The number of thiazole rings is 1. The van der Waals surface area contributed by atoms with Crippen molar-refractivity contribution in [3.8, 4) is 0 Å². The topological polar surface area (TPSA) is 43.8 Å². The maximum absolute atomic E-state index is 4.84. The quantitative estimate of drug-likeness (QED) is 0.415. The standard InChI is InChI=1S/C17H29N5S.HI/c1-3-18-17(19-8-6-16-20-12-14(2)23-16)22-11-7-15(13-22)21-9-4-5-10-21;/h12,15H,3-11,13H2,1-2H3,(H,18,19);1H. The van der Waals surface area contributed by atoms with Crippen molar-refractivity contribution >= 4 is 41.3 Å². The molecule has 3 heterocycles. The molecular weight excluding hydrogens is 433 g/mol. The molecule has 2 saturated heterocycles. The molecule has 24 heavy (non-hydrogen) atoms. The average Bonchev–Trinajstić information content (AvgIpc) is 3.27. The number of halogens is 1. The number of guanidine groups is 1. The molecule has 1 aromatic heterocycles. The molecule has 136 valence electrons. The lowest BCUT2D eigenvalue weighted by Crippen LogP contribution is -2.42. The van der Waals surface area contributed by atoms with Crippen LogP contribution in [0.4, 0.5) is 0 Å².